The van der Waals surface area contributed by atoms with Crippen molar-refractivity contribution in [3.63, 3.8) is 0 Å². The molecule has 6 heteroatoms. The molecule has 0 saturated carbocycles. The standard InChI is InChI=1S/C54H96O6/c1-4-7-10-13-16-19-22-24-25-26-27-28-30-32-35-38-41-44-47-53(56)59-50-51(49-58-52(55)46-43-40-37-34-31-21-18-15-12-9-6-3)60-54(57)48-45-42-39-36-33-29-23-20-17-14-11-8-5-2/h8,11,14-15,17-18,20,23,51H,4-7,9-10,12-13,16,19,21-22,24-50H2,1-3H3/b11-8-,17-14-,18-15-,23-20-. The lowest BCUT2D eigenvalue weighted by Gasteiger charge is -2.18. The first-order chi connectivity index (χ1) is 29.5. The highest BCUT2D eigenvalue weighted by atomic mass is 16.6. The molecule has 0 spiro atoms. The Kier molecular flexibility index (Phi) is 46.9. The van der Waals surface area contributed by atoms with Crippen molar-refractivity contribution < 1.29 is 28.6 Å². The Labute approximate surface area is 371 Å². The van der Waals surface area contributed by atoms with E-state index in [1.807, 2.05) is 0 Å². The average Bonchev–Trinajstić information content (AvgIpc) is 3.24. The molecule has 0 N–H and O–H groups in total. The molecule has 0 aromatic carbocycles. The summed E-state index contributed by atoms with van der Waals surface area (Å²) in [5, 5.41) is 0. The molecular weight excluding hydrogens is 745 g/mol. The summed E-state index contributed by atoms with van der Waals surface area (Å²) < 4.78 is 16.8. The van der Waals surface area contributed by atoms with Gasteiger partial charge in [-0.2, -0.15) is 0 Å². The molecule has 6 nitrogen and oxygen atoms in total. The highest BCUT2D eigenvalue weighted by Gasteiger charge is 2.19. The Morgan fingerprint density at radius 1 is 0.350 bits per heavy atom. The van der Waals surface area contributed by atoms with Crippen LogP contribution in [-0.4, -0.2) is 37.2 Å². The summed E-state index contributed by atoms with van der Waals surface area (Å²) in [4.78, 5) is 37.9. The lowest BCUT2D eigenvalue weighted by Crippen LogP contribution is -2.30. The number of hydrogen-bond donors (Lipinski definition) is 0. The SMILES string of the molecule is CC\C=C/C=C\C=C/CCCCCCCC(=O)OC(COC(=O)CCCCCCC/C=C\CCCC)COC(=O)CCCCCCCCCCCCCCCCCCCC. The van der Waals surface area contributed by atoms with Gasteiger partial charge < -0.3 is 14.2 Å². The van der Waals surface area contributed by atoms with E-state index in [-0.39, 0.29) is 31.1 Å². The van der Waals surface area contributed by atoms with E-state index in [1.165, 1.54) is 128 Å². The van der Waals surface area contributed by atoms with Gasteiger partial charge in [-0.25, -0.2) is 0 Å². The van der Waals surface area contributed by atoms with E-state index >= 15 is 0 Å². The second-order valence-corrected chi connectivity index (χ2v) is 17.1. The number of carbonyl (C=O) groups is 3. The Bertz CT molecular complexity index is 1060. The first-order valence-corrected chi connectivity index (χ1v) is 25.7. The highest BCUT2D eigenvalue weighted by Crippen LogP contribution is 2.16. The molecule has 348 valence electrons. The Balaban J connectivity index is 4.33. The molecule has 0 heterocycles. The number of unbranched alkanes of at least 4 members (excludes halogenated alkanes) is 29. The molecule has 0 rings (SSSR count). The molecule has 1 unspecified atom stereocenters. The fourth-order valence-electron chi connectivity index (χ4n) is 7.25. The Morgan fingerprint density at radius 2 is 0.683 bits per heavy atom. The summed E-state index contributed by atoms with van der Waals surface area (Å²) in [6, 6.07) is 0. The highest BCUT2D eigenvalue weighted by molar-refractivity contribution is 5.71. The fourth-order valence-corrected chi connectivity index (χ4v) is 7.25. The van der Waals surface area contributed by atoms with Gasteiger partial charge in [0.1, 0.15) is 13.2 Å². The van der Waals surface area contributed by atoms with E-state index < -0.39 is 6.10 Å². The molecular formula is C54H96O6. The van der Waals surface area contributed by atoms with Crippen LogP contribution in [0.3, 0.4) is 0 Å². The Morgan fingerprint density at radius 3 is 1.10 bits per heavy atom. The number of rotatable bonds is 46. The maximum absolute atomic E-state index is 12.8. The van der Waals surface area contributed by atoms with Gasteiger partial charge in [-0.3, -0.25) is 14.4 Å². The summed E-state index contributed by atoms with van der Waals surface area (Å²) in [7, 11) is 0. The molecule has 0 aliphatic heterocycles. The lowest BCUT2D eigenvalue weighted by molar-refractivity contribution is -0.167. The van der Waals surface area contributed by atoms with Crippen LogP contribution in [-0.2, 0) is 28.6 Å². The largest absolute Gasteiger partial charge is 0.462 e. The third kappa shape index (κ3) is 46.4. The quantitative estimate of drug-likeness (QED) is 0.0200. The van der Waals surface area contributed by atoms with Crippen LogP contribution >= 0.6 is 0 Å². The smallest absolute Gasteiger partial charge is 0.306 e. The van der Waals surface area contributed by atoms with E-state index in [9.17, 15) is 14.4 Å². The molecule has 60 heavy (non-hydrogen) atoms. The van der Waals surface area contributed by atoms with Crippen molar-refractivity contribution in [3.8, 4) is 0 Å². The van der Waals surface area contributed by atoms with Crippen molar-refractivity contribution in [1.29, 1.82) is 0 Å². The zero-order valence-electron chi connectivity index (χ0n) is 39.7. The molecule has 1 atom stereocenters. The molecule has 0 bridgehead atoms. The van der Waals surface area contributed by atoms with Crippen LogP contribution in [0.1, 0.15) is 258 Å². The first-order valence-electron chi connectivity index (χ1n) is 25.7. The van der Waals surface area contributed by atoms with Crippen molar-refractivity contribution in [1.82, 2.24) is 0 Å². The van der Waals surface area contributed by atoms with Gasteiger partial charge in [-0.15, -0.1) is 0 Å². The van der Waals surface area contributed by atoms with Gasteiger partial charge in [0.15, 0.2) is 6.10 Å². The van der Waals surface area contributed by atoms with E-state index in [1.54, 1.807) is 0 Å². The second kappa shape index (κ2) is 49.0. The molecule has 0 aliphatic rings. The number of hydrogen-bond acceptors (Lipinski definition) is 6. The van der Waals surface area contributed by atoms with Crippen LogP contribution in [0.15, 0.2) is 48.6 Å². The van der Waals surface area contributed by atoms with Crippen LogP contribution in [0.2, 0.25) is 0 Å². The molecule has 0 amide bonds. The van der Waals surface area contributed by atoms with Crippen LogP contribution in [0.5, 0.6) is 0 Å². The average molecular weight is 841 g/mol. The molecule has 0 aromatic heterocycles. The van der Waals surface area contributed by atoms with Gasteiger partial charge in [-0.05, 0) is 57.8 Å². The van der Waals surface area contributed by atoms with E-state index in [0.717, 1.165) is 89.9 Å². The summed E-state index contributed by atoms with van der Waals surface area (Å²) in [5.41, 5.74) is 0. The maximum atomic E-state index is 12.8. The summed E-state index contributed by atoms with van der Waals surface area (Å²) >= 11 is 0. The van der Waals surface area contributed by atoms with Crippen molar-refractivity contribution in [2.75, 3.05) is 13.2 Å². The van der Waals surface area contributed by atoms with E-state index in [4.69, 9.17) is 14.2 Å². The number of ether oxygens (including phenoxy) is 3. The van der Waals surface area contributed by atoms with Gasteiger partial charge in [0.25, 0.3) is 0 Å². The predicted octanol–water partition coefficient (Wildman–Crippen LogP) is 16.7. The van der Waals surface area contributed by atoms with Gasteiger partial charge in [0.2, 0.25) is 0 Å². The molecule has 0 fully saturated rings. The fraction of sp³-hybridized carbons (Fsp3) is 0.796. The van der Waals surface area contributed by atoms with Crippen molar-refractivity contribution in [2.24, 2.45) is 0 Å². The Hall–Kier alpha value is -2.63. The third-order valence-electron chi connectivity index (χ3n) is 11.1. The topological polar surface area (TPSA) is 78.9 Å². The van der Waals surface area contributed by atoms with Gasteiger partial charge in [0.05, 0.1) is 0 Å². The molecule has 0 aromatic rings. The molecule has 0 aliphatic carbocycles. The summed E-state index contributed by atoms with van der Waals surface area (Å²) in [6.45, 7) is 6.46. The predicted molar refractivity (Wildman–Crippen MR) is 256 cm³/mol. The van der Waals surface area contributed by atoms with Crippen LogP contribution in [0.25, 0.3) is 0 Å². The molecule has 0 saturated heterocycles. The van der Waals surface area contributed by atoms with Crippen molar-refractivity contribution in [3.05, 3.63) is 48.6 Å². The minimum atomic E-state index is -0.783. The zero-order chi connectivity index (χ0) is 43.7. The number of allylic oxidation sites excluding steroid dienone is 8. The maximum Gasteiger partial charge on any atom is 0.306 e. The van der Waals surface area contributed by atoms with Crippen LogP contribution in [0, 0.1) is 0 Å². The van der Waals surface area contributed by atoms with Crippen molar-refractivity contribution in [2.45, 2.75) is 264 Å². The minimum Gasteiger partial charge on any atom is -0.462 e. The normalized spacial score (nSPS) is 12.4. The third-order valence-corrected chi connectivity index (χ3v) is 11.1. The van der Waals surface area contributed by atoms with Gasteiger partial charge >= 0.3 is 17.9 Å². The van der Waals surface area contributed by atoms with Gasteiger partial charge in [-0.1, -0.05) is 230 Å². The first kappa shape index (κ1) is 57.4. The van der Waals surface area contributed by atoms with E-state index in [2.05, 4.69) is 69.4 Å². The lowest BCUT2D eigenvalue weighted by atomic mass is 10.0. The van der Waals surface area contributed by atoms with Crippen LogP contribution in [0.4, 0.5) is 0 Å². The number of esters is 3. The monoisotopic (exact) mass is 841 g/mol. The minimum absolute atomic E-state index is 0.0820. The van der Waals surface area contributed by atoms with Crippen LogP contribution < -0.4 is 0 Å². The second-order valence-electron chi connectivity index (χ2n) is 17.1. The van der Waals surface area contributed by atoms with E-state index in [0.29, 0.717) is 19.3 Å². The van der Waals surface area contributed by atoms with Gasteiger partial charge in [0, 0.05) is 19.3 Å². The summed E-state index contributed by atoms with van der Waals surface area (Å²) in [5.74, 6) is -0.906. The van der Waals surface area contributed by atoms with Crippen molar-refractivity contribution >= 4 is 17.9 Å². The molecule has 0 radical (unpaired) electrons. The number of carbonyl (C=O) groups excluding carboxylic acids is 3. The zero-order valence-corrected chi connectivity index (χ0v) is 39.7. The summed E-state index contributed by atoms with van der Waals surface area (Å²) in [6.07, 6.45) is 58.1.